The molecule has 1 aromatic heterocycles. The normalized spacial score (nSPS) is 15.6. The van der Waals surface area contributed by atoms with Gasteiger partial charge in [-0.05, 0) is 30.2 Å². The van der Waals surface area contributed by atoms with Crippen molar-refractivity contribution >= 4 is 5.96 Å². The third-order valence-electron chi connectivity index (χ3n) is 4.78. The quantitative estimate of drug-likeness (QED) is 0.467. The fourth-order valence-electron chi connectivity index (χ4n) is 3.23. The molecule has 0 saturated heterocycles. The number of ether oxygens (including phenoxy) is 2. The second-order valence-electron chi connectivity index (χ2n) is 7.13. The molecule has 2 aromatic carbocycles. The molecule has 3 aromatic rings. The molecule has 4 rings (SSSR count). The van der Waals surface area contributed by atoms with Gasteiger partial charge >= 0.3 is 0 Å². The summed E-state index contributed by atoms with van der Waals surface area (Å²) in [6.07, 6.45) is 5.52. The number of hydrogen-bond donors (Lipinski definition) is 2. The molecule has 7 nitrogen and oxygen atoms in total. The molecule has 0 radical (unpaired) electrons. The predicted octanol–water partition coefficient (Wildman–Crippen LogP) is 2.83. The highest BCUT2D eigenvalue weighted by Crippen LogP contribution is 2.30. The Kier molecular flexibility index (Phi) is 6.49. The molecule has 1 aliphatic rings. The van der Waals surface area contributed by atoms with Gasteiger partial charge in [0.2, 0.25) is 0 Å². The van der Waals surface area contributed by atoms with Crippen molar-refractivity contribution < 1.29 is 9.47 Å². The maximum absolute atomic E-state index is 6.00. The van der Waals surface area contributed by atoms with Gasteiger partial charge in [-0.2, -0.15) is 0 Å². The number of benzene rings is 2. The molecule has 156 valence electrons. The molecule has 2 heterocycles. The first-order valence-corrected chi connectivity index (χ1v) is 10.2. The largest absolute Gasteiger partial charge is 0.486 e. The Morgan fingerprint density at radius 3 is 2.67 bits per heavy atom. The number of fused-ring (bicyclic) bond motifs is 1. The monoisotopic (exact) mass is 405 g/mol. The zero-order chi connectivity index (χ0) is 20.6. The van der Waals surface area contributed by atoms with Gasteiger partial charge in [-0.1, -0.05) is 36.4 Å². The van der Waals surface area contributed by atoms with Crippen molar-refractivity contribution in [3.63, 3.8) is 0 Å². The number of aromatic nitrogens is 2. The number of guanidine groups is 1. The molecule has 0 saturated carbocycles. The number of nitrogens with zero attached hydrogens (tertiary/aromatic N) is 3. The maximum atomic E-state index is 6.00. The van der Waals surface area contributed by atoms with Gasteiger partial charge in [-0.3, -0.25) is 0 Å². The minimum Gasteiger partial charge on any atom is -0.486 e. The summed E-state index contributed by atoms with van der Waals surface area (Å²) in [6, 6.07) is 16.3. The zero-order valence-corrected chi connectivity index (χ0v) is 17.1. The second kappa shape index (κ2) is 9.82. The van der Waals surface area contributed by atoms with E-state index in [0.29, 0.717) is 19.7 Å². The molecule has 0 spiro atoms. The van der Waals surface area contributed by atoms with Crippen LogP contribution < -0.4 is 20.1 Å². The lowest BCUT2D eigenvalue weighted by Crippen LogP contribution is -2.45. The molecule has 1 unspecified atom stereocenters. The molecular weight excluding hydrogens is 378 g/mol. The molecule has 0 fully saturated rings. The third-order valence-corrected chi connectivity index (χ3v) is 4.78. The fourth-order valence-corrected chi connectivity index (χ4v) is 3.23. The minimum atomic E-state index is -0.0637. The number of hydrogen-bond acceptors (Lipinski definition) is 4. The first kappa shape index (κ1) is 19.8. The first-order chi connectivity index (χ1) is 14.8. The molecule has 0 amide bonds. The van der Waals surface area contributed by atoms with E-state index in [1.54, 1.807) is 6.20 Å². The van der Waals surface area contributed by atoms with E-state index in [9.17, 15) is 0 Å². The Morgan fingerprint density at radius 1 is 1.10 bits per heavy atom. The van der Waals surface area contributed by atoms with Crippen molar-refractivity contribution in [3.8, 4) is 11.5 Å². The van der Waals surface area contributed by atoms with Crippen molar-refractivity contribution in [2.24, 2.45) is 4.99 Å². The average Bonchev–Trinajstić information content (AvgIpc) is 3.29. The topological polar surface area (TPSA) is 72.7 Å². The SMILES string of the molecule is CCNC(=NCc1ccc(Cn2ccnc2)cc1)NCC1COc2ccccc2O1. The molecule has 2 N–H and O–H groups in total. The highest BCUT2D eigenvalue weighted by molar-refractivity contribution is 5.79. The van der Waals surface area contributed by atoms with Gasteiger partial charge in [0.25, 0.3) is 0 Å². The Labute approximate surface area is 176 Å². The standard InChI is InChI=1S/C23H27N5O2/c1-2-25-23(27-14-20-16-29-21-5-3-4-6-22(21)30-20)26-13-18-7-9-19(10-8-18)15-28-12-11-24-17-28/h3-12,17,20H,2,13-16H2,1H3,(H2,25,26,27). The molecule has 30 heavy (non-hydrogen) atoms. The van der Waals surface area contributed by atoms with E-state index in [1.165, 1.54) is 5.56 Å². The number of rotatable bonds is 7. The molecule has 7 heteroatoms. The van der Waals surface area contributed by atoms with Crippen molar-refractivity contribution in [1.29, 1.82) is 0 Å². The summed E-state index contributed by atoms with van der Waals surface area (Å²) in [7, 11) is 0. The van der Waals surface area contributed by atoms with Crippen LogP contribution in [0.1, 0.15) is 18.1 Å². The summed E-state index contributed by atoms with van der Waals surface area (Å²) in [5.74, 6) is 2.35. The molecule has 0 bridgehead atoms. The van der Waals surface area contributed by atoms with Crippen LogP contribution in [-0.4, -0.2) is 41.3 Å². The lowest BCUT2D eigenvalue weighted by Gasteiger charge is -2.27. The number of nitrogens with one attached hydrogen (secondary N) is 2. The van der Waals surface area contributed by atoms with Gasteiger partial charge in [-0.25, -0.2) is 9.98 Å². The van der Waals surface area contributed by atoms with E-state index in [4.69, 9.17) is 14.5 Å². The van der Waals surface area contributed by atoms with E-state index < -0.39 is 0 Å². The van der Waals surface area contributed by atoms with Crippen LogP contribution in [0.4, 0.5) is 0 Å². The smallest absolute Gasteiger partial charge is 0.191 e. The minimum absolute atomic E-state index is 0.0637. The highest BCUT2D eigenvalue weighted by atomic mass is 16.6. The van der Waals surface area contributed by atoms with Crippen LogP contribution in [0.3, 0.4) is 0 Å². The van der Waals surface area contributed by atoms with Crippen LogP contribution in [0.15, 0.2) is 72.2 Å². The Bertz CT molecular complexity index is 954. The van der Waals surface area contributed by atoms with Crippen LogP contribution in [-0.2, 0) is 13.1 Å². The summed E-state index contributed by atoms with van der Waals surface area (Å²) in [5, 5.41) is 6.64. The van der Waals surface area contributed by atoms with Gasteiger partial charge in [0.05, 0.1) is 19.4 Å². The molecular formula is C23H27N5O2. The molecule has 0 aliphatic carbocycles. The van der Waals surface area contributed by atoms with Crippen LogP contribution in [0, 0.1) is 0 Å². The van der Waals surface area contributed by atoms with Gasteiger partial charge in [0.1, 0.15) is 12.7 Å². The van der Waals surface area contributed by atoms with Crippen LogP contribution in [0.2, 0.25) is 0 Å². The lowest BCUT2D eigenvalue weighted by atomic mass is 10.1. The summed E-state index contributed by atoms with van der Waals surface area (Å²) in [4.78, 5) is 8.78. The summed E-state index contributed by atoms with van der Waals surface area (Å²) >= 11 is 0. The average molecular weight is 406 g/mol. The lowest BCUT2D eigenvalue weighted by molar-refractivity contribution is 0.0936. The van der Waals surface area contributed by atoms with E-state index in [-0.39, 0.29) is 6.10 Å². The number of imidazole rings is 1. The van der Waals surface area contributed by atoms with Crippen molar-refractivity contribution in [3.05, 3.63) is 78.4 Å². The van der Waals surface area contributed by atoms with Crippen molar-refractivity contribution in [2.45, 2.75) is 26.1 Å². The third kappa shape index (κ3) is 5.31. The summed E-state index contributed by atoms with van der Waals surface area (Å²) in [5.41, 5.74) is 2.40. The van der Waals surface area contributed by atoms with Gasteiger partial charge < -0.3 is 24.7 Å². The highest BCUT2D eigenvalue weighted by Gasteiger charge is 2.20. The van der Waals surface area contributed by atoms with Crippen molar-refractivity contribution in [1.82, 2.24) is 20.2 Å². The maximum Gasteiger partial charge on any atom is 0.191 e. The van der Waals surface area contributed by atoms with E-state index >= 15 is 0 Å². The number of aliphatic imine (C=N–C) groups is 1. The Balaban J connectivity index is 1.30. The number of para-hydroxylation sites is 2. The Morgan fingerprint density at radius 2 is 1.90 bits per heavy atom. The summed E-state index contributed by atoms with van der Waals surface area (Å²) in [6.45, 7) is 5.40. The second-order valence-corrected chi connectivity index (χ2v) is 7.13. The van der Waals surface area contributed by atoms with Crippen molar-refractivity contribution in [2.75, 3.05) is 19.7 Å². The van der Waals surface area contributed by atoms with E-state index in [1.807, 2.05) is 36.8 Å². The van der Waals surface area contributed by atoms with Crippen LogP contribution in [0.5, 0.6) is 11.5 Å². The molecule has 1 atom stereocenters. The van der Waals surface area contributed by atoms with Crippen LogP contribution in [0.25, 0.3) is 0 Å². The van der Waals surface area contributed by atoms with E-state index in [2.05, 4.69) is 51.4 Å². The Hall–Kier alpha value is -3.48. The van der Waals surface area contributed by atoms with Gasteiger partial charge in [0, 0.05) is 25.5 Å². The van der Waals surface area contributed by atoms with Gasteiger partial charge in [-0.15, -0.1) is 0 Å². The van der Waals surface area contributed by atoms with Gasteiger partial charge in [0.15, 0.2) is 17.5 Å². The zero-order valence-electron chi connectivity index (χ0n) is 17.1. The first-order valence-electron chi connectivity index (χ1n) is 10.2. The van der Waals surface area contributed by atoms with E-state index in [0.717, 1.165) is 36.1 Å². The predicted molar refractivity (Wildman–Crippen MR) is 117 cm³/mol. The molecule has 1 aliphatic heterocycles. The fraction of sp³-hybridized carbons (Fsp3) is 0.304. The summed E-state index contributed by atoms with van der Waals surface area (Å²) < 4.78 is 13.8. The van der Waals surface area contributed by atoms with Crippen LogP contribution >= 0.6 is 0 Å².